The summed E-state index contributed by atoms with van der Waals surface area (Å²) in [6, 6.07) is 0. The molecule has 0 aromatic carbocycles. The van der Waals surface area contributed by atoms with Crippen LogP contribution < -0.4 is 0 Å². The maximum Gasteiger partial charge on any atom is 0 e. The van der Waals surface area contributed by atoms with Crippen molar-refractivity contribution < 1.29 is 34.1 Å². The van der Waals surface area contributed by atoms with Crippen molar-refractivity contribution in [3.63, 3.8) is 0 Å². The fourth-order valence-corrected chi connectivity index (χ4v) is 0. The van der Waals surface area contributed by atoms with Crippen molar-refractivity contribution in [1.82, 2.24) is 0 Å². The molecule has 0 aromatic heterocycles. The molecule has 0 fully saturated rings. The topological polar surface area (TPSA) is 0 Å². The predicted octanol–water partition coefficient (Wildman–Crippen LogP) is 0.839. The molecule has 0 N–H and O–H groups in total. The predicted molar refractivity (Wildman–Crippen MR) is 14.5 cm³/mol. The average molecular weight is 192 g/mol. The van der Waals surface area contributed by atoms with Crippen molar-refractivity contribution in [3.05, 3.63) is 0 Å². The molecular formula is H2Cl2CuFe. The SMILES string of the molecule is Cl.Cl.[Cu].[Fe]. The van der Waals surface area contributed by atoms with E-state index in [1.54, 1.807) is 0 Å². The first kappa shape index (κ1) is 45.7. The van der Waals surface area contributed by atoms with Crippen LogP contribution in [0, 0.1) is 0 Å². The van der Waals surface area contributed by atoms with Crippen molar-refractivity contribution in [2.24, 2.45) is 0 Å². The molecule has 0 atom stereocenters. The van der Waals surface area contributed by atoms with E-state index in [2.05, 4.69) is 0 Å². The summed E-state index contributed by atoms with van der Waals surface area (Å²) in [6.07, 6.45) is 0. The van der Waals surface area contributed by atoms with E-state index in [4.69, 9.17) is 0 Å². The van der Waals surface area contributed by atoms with Gasteiger partial charge < -0.3 is 0 Å². The summed E-state index contributed by atoms with van der Waals surface area (Å²) in [5, 5.41) is 0. The summed E-state index contributed by atoms with van der Waals surface area (Å²) in [7, 11) is 0. The first-order chi connectivity index (χ1) is 0. The zero-order chi connectivity index (χ0) is 0. The van der Waals surface area contributed by atoms with Crippen LogP contribution in [0.5, 0.6) is 0 Å². The van der Waals surface area contributed by atoms with Gasteiger partial charge in [-0.2, -0.15) is 0 Å². The van der Waals surface area contributed by atoms with Gasteiger partial charge in [0.25, 0.3) is 0 Å². The minimum absolute atomic E-state index is 0. The van der Waals surface area contributed by atoms with E-state index < -0.39 is 0 Å². The molecule has 0 rings (SSSR count). The summed E-state index contributed by atoms with van der Waals surface area (Å²) >= 11 is 0. The summed E-state index contributed by atoms with van der Waals surface area (Å²) < 4.78 is 0. The third-order valence-corrected chi connectivity index (χ3v) is 0. The maximum atomic E-state index is 0. The zero-order valence-corrected chi connectivity index (χ0v) is 5.15. The van der Waals surface area contributed by atoms with Crippen LogP contribution in [0.15, 0.2) is 0 Å². The smallest absolute Gasteiger partial charge is 0 e. The van der Waals surface area contributed by atoms with Crippen LogP contribution in [0.25, 0.3) is 0 Å². The van der Waals surface area contributed by atoms with Gasteiger partial charge in [-0.25, -0.2) is 0 Å². The fraction of sp³-hybridized carbons (Fsp3) is 0. The van der Waals surface area contributed by atoms with E-state index >= 15 is 0 Å². The molecule has 0 amide bonds. The van der Waals surface area contributed by atoms with Gasteiger partial charge in [0, 0.05) is 34.1 Å². The standard InChI is InChI=1S/2ClH.Cu.Fe/h2*1H;;. The van der Waals surface area contributed by atoms with Gasteiger partial charge in [-0.1, -0.05) is 0 Å². The van der Waals surface area contributed by atoms with Gasteiger partial charge in [0.05, 0.1) is 0 Å². The molecule has 35 valence electrons. The summed E-state index contributed by atoms with van der Waals surface area (Å²) in [5.41, 5.74) is 0. The van der Waals surface area contributed by atoms with Gasteiger partial charge in [-0.05, 0) is 0 Å². The molecule has 0 saturated heterocycles. The monoisotopic (exact) mass is 191 g/mol. The minimum Gasteiger partial charge on any atom is -0.147 e. The van der Waals surface area contributed by atoms with Gasteiger partial charge in [0.15, 0.2) is 0 Å². The van der Waals surface area contributed by atoms with Gasteiger partial charge >= 0.3 is 0 Å². The normalized spacial score (nSPS) is 0. The van der Waals surface area contributed by atoms with Gasteiger partial charge in [0.2, 0.25) is 0 Å². The Bertz CT molecular complexity index is 6.00. The van der Waals surface area contributed by atoms with Crippen LogP contribution in [-0.2, 0) is 34.1 Å². The Morgan fingerprint density at radius 3 is 0.750 bits per heavy atom. The zero-order valence-electron chi connectivity index (χ0n) is 1.47. The Labute approximate surface area is 58.9 Å². The van der Waals surface area contributed by atoms with Crippen LogP contribution >= 0.6 is 24.8 Å². The van der Waals surface area contributed by atoms with E-state index in [9.17, 15) is 0 Å². The molecule has 1 radical (unpaired) electrons. The van der Waals surface area contributed by atoms with Crippen molar-refractivity contribution in [3.8, 4) is 0 Å². The summed E-state index contributed by atoms with van der Waals surface area (Å²) in [6.45, 7) is 0. The number of hydrogen-bond acceptors (Lipinski definition) is 0. The van der Waals surface area contributed by atoms with Gasteiger partial charge in [-0.3, -0.25) is 0 Å². The number of hydrogen-bond donors (Lipinski definition) is 0. The molecule has 0 nitrogen and oxygen atoms in total. The molecular weight excluding hydrogens is 190 g/mol. The largest absolute Gasteiger partial charge is 0.147 e. The molecule has 0 heterocycles. The second-order valence-electron chi connectivity index (χ2n) is 0. The van der Waals surface area contributed by atoms with Crippen molar-refractivity contribution >= 4 is 24.8 Å². The van der Waals surface area contributed by atoms with E-state index in [1.807, 2.05) is 0 Å². The molecule has 0 aromatic rings. The fourth-order valence-electron chi connectivity index (χ4n) is 0. The van der Waals surface area contributed by atoms with Crippen molar-refractivity contribution in [1.29, 1.82) is 0 Å². The Balaban J connectivity index is 0. The molecule has 0 spiro atoms. The molecule has 4 heteroatoms. The Morgan fingerprint density at radius 2 is 0.750 bits per heavy atom. The number of halogens is 2. The molecule has 4 heavy (non-hydrogen) atoms. The molecule has 0 aliphatic heterocycles. The first-order valence-electron chi connectivity index (χ1n) is 0. The first-order valence-corrected chi connectivity index (χ1v) is 0. The molecule has 0 aliphatic carbocycles. The second-order valence-corrected chi connectivity index (χ2v) is 0. The van der Waals surface area contributed by atoms with Crippen LogP contribution in [0.2, 0.25) is 0 Å². The van der Waals surface area contributed by atoms with Crippen LogP contribution in [0.1, 0.15) is 0 Å². The molecule has 0 saturated carbocycles. The van der Waals surface area contributed by atoms with Gasteiger partial charge in [0.1, 0.15) is 0 Å². The van der Waals surface area contributed by atoms with Crippen molar-refractivity contribution in [2.45, 2.75) is 0 Å². The average Bonchev–Trinajstić information content (AvgIpc) is 0. The van der Waals surface area contributed by atoms with Crippen LogP contribution in [0.3, 0.4) is 0 Å². The van der Waals surface area contributed by atoms with Crippen LogP contribution in [0.4, 0.5) is 0 Å². The van der Waals surface area contributed by atoms with E-state index in [1.165, 1.54) is 0 Å². The molecule has 0 aliphatic rings. The summed E-state index contributed by atoms with van der Waals surface area (Å²) in [4.78, 5) is 0. The van der Waals surface area contributed by atoms with Gasteiger partial charge in [-0.15, -0.1) is 24.8 Å². The third-order valence-electron chi connectivity index (χ3n) is 0. The van der Waals surface area contributed by atoms with E-state index in [0.717, 1.165) is 0 Å². The maximum absolute atomic E-state index is 0. The van der Waals surface area contributed by atoms with E-state index in [0.29, 0.717) is 0 Å². The van der Waals surface area contributed by atoms with E-state index in [-0.39, 0.29) is 59.0 Å². The quantitative estimate of drug-likeness (QED) is 0.499. The second kappa shape index (κ2) is 23.1. The Kier molecular flexibility index (Phi) is 264. The number of rotatable bonds is 0. The van der Waals surface area contributed by atoms with Crippen LogP contribution in [-0.4, -0.2) is 0 Å². The third kappa shape index (κ3) is 9.47. The summed E-state index contributed by atoms with van der Waals surface area (Å²) in [5.74, 6) is 0. The Morgan fingerprint density at radius 1 is 0.750 bits per heavy atom. The minimum atomic E-state index is 0. The molecule has 0 unspecified atom stereocenters. The Hall–Kier alpha value is 1.62. The van der Waals surface area contributed by atoms with Crippen molar-refractivity contribution in [2.75, 3.05) is 0 Å². The molecule has 0 bridgehead atoms.